The van der Waals surface area contributed by atoms with Gasteiger partial charge in [-0.2, -0.15) is 13.2 Å². The Morgan fingerprint density at radius 2 is 1.29 bits per heavy atom. The minimum absolute atomic E-state index is 0.138. The standard InChI is InChI=1S/C27H19F3O4/c28-27(29,30)24-11-4-18(5-12-24)16-34-26(33)22-10-9-20-6-3-19(14-23(20)15-22)13-17-1-7-21(8-2-17)25(31)32/h1-12,14-15H,13,16H2,(H,31,32). The molecular weight excluding hydrogens is 445 g/mol. The minimum atomic E-state index is -4.42. The molecule has 4 nitrogen and oxygen atoms in total. The lowest BCUT2D eigenvalue weighted by atomic mass is 9.99. The van der Waals surface area contributed by atoms with Gasteiger partial charge >= 0.3 is 18.1 Å². The zero-order valence-corrected chi connectivity index (χ0v) is 17.8. The van der Waals surface area contributed by atoms with E-state index in [0.29, 0.717) is 17.5 Å². The fourth-order valence-corrected chi connectivity index (χ4v) is 3.56. The maximum atomic E-state index is 12.7. The summed E-state index contributed by atoms with van der Waals surface area (Å²) in [6.45, 7) is -0.138. The van der Waals surface area contributed by atoms with Gasteiger partial charge in [0.25, 0.3) is 0 Å². The number of rotatable bonds is 6. The molecule has 4 rings (SSSR count). The first-order valence-corrected chi connectivity index (χ1v) is 10.4. The average Bonchev–Trinajstić information content (AvgIpc) is 2.82. The molecule has 172 valence electrons. The predicted molar refractivity (Wildman–Crippen MR) is 121 cm³/mol. The van der Waals surface area contributed by atoms with E-state index in [2.05, 4.69) is 0 Å². The third kappa shape index (κ3) is 5.43. The number of ether oxygens (including phenoxy) is 1. The van der Waals surface area contributed by atoms with E-state index in [1.807, 2.05) is 18.2 Å². The highest BCUT2D eigenvalue weighted by atomic mass is 19.4. The Morgan fingerprint density at radius 3 is 1.94 bits per heavy atom. The second-order valence-electron chi connectivity index (χ2n) is 7.85. The van der Waals surface area contributed by atoms with Crippen molar-refractivity contribution in [3.63, 3.8) is 0 Å². The third-order valence-electron chi connectivity index (χ3n) is 5.40. The van der Waals surface area contributed by atoms with Crippen LogP contribution in [-0.4, -0.2) is 17.0 Å². The van der Waals surface area contributed by atoms with Gasteiger partial charge in [-0.25, -0.2) is 9.59 Å². The Kier molecular flexibility index (Phi) is 6.36. The number of fused-ring (bicyclic) bond motifs is 1. The van der Waals surface area contributed by atoms with Crippen LogP contribution in [0, 0.1) is 0 Å². The second kappa shape index (κ2) is 9.39. The number of benzene rings is 4. The summed E-state index contributed by atoms with van der Waals surface area (Å²) in [7, 11) is 0. The number of carbonyl (C=O) groups is 2. The van der Waals surface area contributed by atoms with Crippen LogP contribution in [0.5, 0.6) is 0 Å². The fourth-order valence-electron chi connectivity index (χ4n) is 3.56. The zero-order chi connectivity index (χ0) is 24.3. The van der Waals surface area contributed by atoms with Crippen LogP contribution < -0.4 is 0 Å². The molecule has 0 radical (unpaired) electrons. The van der Waals surface area contributed by atoms with Crippen LogP contribution in [0.15, 0.2) is 84.9 Å². The maximum absolute atomic E-state index is 12.7. The van der Waals surface area contributed by atoms with Gasteiger partial charge in [-0.05, 0) is 70.3 Å². The van der Waals surface area contributed by atoms with Crippen LogP contribution in [0.1, 0.15) is 43.0 Å². The second-order valence-corrected chi connectivity index (χ2v) is 7.85. The first-order chi connectivity index (χ1) is 16.2. The summed E-state index contributed by atoms with van der Waals surface area (Å²) in [6, 6.07) is 22.1. The number of hydrogen-bond acceptors (Lipinski definition) is 3. The Bertz CT molecular complexity index is 1340. The number of aromatic carboxylic acids is 1. The molecule has 0 saturated carbocycles. The highest BCUT2D eigenvalue weighted by molar-refractivity contribution is 5.95. The van der Waals surface area contributed by atoms with Gasteiger partial charge in [0.15, 0.2) is 0 Å². The van der Waals surface area contributed by atoms with Crippen molar-refractivity contribution >= 4 is 22.7 Å². The number of halogens is 3. The molecule has 0 aliphatic heterocycles. The van der Waals surface area contributed by atoms with Crippen molar-refractivity contribution in [3.05, 3.63) is 118 Å². The first kappa shape index (κ1) is 23.0. The van der Waals surface area contributed by atoms with Crippen molar-refractivity contribution < 1.29 is 32.6 Å². The molecule has 1 N–H and O–H groups in total. The van der Waals surface area contributed by atoms with Gasteiger partial charge in [-0.1, -0.05) is 48.5 Å². The lowest BCUT2D eigenvalue weighted by Gasteiger charge is -2.09. The quantitative estimate of drug-likeness (QED) is 0.331. The SMILES string of the molecule is O=C(O)c1ccc(Cc2ccc3ccc(C(=O)OCc4ccc(C(F)(F)F)cc4)cc3c2)cc1. The lowest BCUT2D eigenvalue weighted by Crippen LogP contribution is -2.07. The van der Waals surface area contributed by atoms with E-state index in [1.54, 1.807) is 42.5 Å². The van der Waals surface area contributed by atoms with Crippen LogP contribution in [0.25, 0.3) is 10.8 Å². The van der Waals surface area contributed by atoms with E-state index < -0.39 is 23.7 Å². The van der Waals surface area contributed by atoms with Gasteiger partial charge in [-0.15, -0.1) is 0 Å². The van der Waals surface area contributed by atoms with Crippen LogP contribution in [0.3, 0.4) is 0 Å². The molecule has 0 aliphatic carbocycles. The average molecular weight is 464 g/mol. The van der Waals surface area contributed by atoms with E-state index in [4.69, 9.17) is 9.84 Å². The lowest BCUT2D eigenvalue weighted by molar-refractivity contribution is -0.137. The van der Waals surface area contributed by atoms with E-state index in [1.165, 1.54) is 12.1 Å². The van der Waals surface area contributed by atoms with Crippen molar-refractivity contribution in [1.82, 2.24) is 0 Å². The van der Waals surface area contributed by atoms with E-state index in [-0.39, 0.29) is 12.2 Å². The van der Waals surface area contributed by atoms with E-state index >= 15 is 0 Å². The summed E-state index contributed by atoms with van der Waals surface area (Å²) in [5.41, 5.74) is 2.20. The Morgan fingerprint density at radius 1 is 0.706 bits per heavy atom. The summed E-state index contributed by atoms with van der Waals surface area (Å²) in [5, 5.41) is 10.8. The van der Waals surface area contributed by atoms with Crippen molar-refractivity contribution in [2.45, 2.75) is 19.2 Å². The number of alkyl halides is 3. The van der Waals surface area contributed by atoms with Gasteiger partial charge in [-0.3, -0.25) is 0 Å². The van der Waals surface area contributed by atoms with Gasteiger partial charge in [0.05, 0.1) is 16.7 Å². The molecule has 0 spiro atoms. The van der Waals surface area contributed by atoms with Gasteiger partial charge in [0, 0.05) is 0 Å². The van der Waals surface area contributed by atoms with Crippen molar-refractivity contribution in [1.29, 1.82) is 0 Å². The van der Waals surface area contributed by atoms with Gasteiger partial charge in [0.1, 0.15) is 6.61 Å². The summed E-state index contributed by atoms with van der Waals surface area (Å²) >= 11 is 0. The number of carboxylic acids is 1. The molecule has 7 heteroatoms. The highest BCUT2D eigenvalue weighted by Crippen LogP contribution is 2.29. The molecule has 0 bridgehead atoms. The molecule has 0 unspecified atom stereocenters. The summed E-state index contributed by atoms with van der Waals surface area (Å²) in [6.07, 6.45) is -3.82. The third-order valence-corrected chi connectivity index (χ3v) is 5.40. The number of carboxylic acid groups (broad SMARTS) is 1. The zero-order valence-electron chi connectivity index (χ0n) is 17.8. The molecule has 0 atom stereocenters. The molecule has 0 saturated heterocycles. The van der Waals surface area contributed by atoms with E-state index in [0.717, 1.165) is 34.0 Å². The molecule has 34 heavy (non-hydrogen) atoms. The maximum Gasteiger partial charge on any atom is 0.416 e. The molecule has 0 heterocycles. The monoisotopic (exact) mass is 464 g/mol. The normalized spacial score (nSPS) is 11.4. The van der Waals surface area contributed by atoms with E-state index in [9.17, 15) is 22.8 Å². The Balaban J connectivity index is 1.45. The number of hydrogen-bond donors (Lipinski definition) is 1. The number of esters is 1. The topological polar surface area (TPSA) is 63.6 Å². The smallest absolute Gasteiger partial charge is 0.416 e. The highest BCUT2D eigenvalue weighted by Gasteiger charge is 2.29. The predicted octanol–water partition coefficient (Wildman–Crippen LogP) is 6.50. The van der Waals surface area contributed by atoms with Crippen LogP contribution in [-0.2, 0) is 23.9 Å². The minimum Gasteiger partial charge on any atom is -0.478 e. The van der Waals surface area contributed by atoms with Gasteiger partial charge < -0.3 is 9.84 Å². The molecule has 0 aliphatic rings. The molecular formula is C27H19F3O4. The van der Waals surface area contributed by atoms with Crippen LogP contribution in [0.2, 0.25) is 0 Å². The molecule has 0 fully saturated rings. The van der Waals surface area contributed by atoms with Crippen LogP contribution in [0.4, 0.5) is 13.2 Å². The number of carbonyl (C=O) groups excluding carboxylic acids is 1. The molecule has 4 aromatic rings. The fraction of sp³-hybridized carbons (Fsp3) is 0.111. The van der Waals surface area contributed by atoms with Crippen molar-refractivity contribution in [2.24, 2.45) is 0 Å². The van der Waals surface area contributed by atoms with Crippen molar-refractivity contribution in [2.75, 3.05) is 0 Å². The Hall–Kier alpha value is -4.13. The van der Waals surface area contributed by atoms with Gasteiger partial charge in [0.2, 0.25) is 0 Å². The summed E-state index contributed by atoms with van der Waals surface area (Å²) < 4.78 is 43.3. The largest absolute Gasteiger partial charge is 0.478 e. The summed E-state index contributed by atoms with van der Waals surface area (Å²) in [5.74, 6) is -1.55. The molecule has 0 aromatic heterocycles. The van der Waals surface area contributed by atoms with Crippen LogP contribution >= 0.6 is 0 Å². The molecule has 4 aromatic carbocycles. The first-order valence-electron chi connectivity index (χ1n) is 10.4. The summed E-state index contributed by atoms with van der Waals surface area (Å²) in [4.78, 5) is 23.5. The molecule has 0 amide bonds. The Labute approximate surface area is 193 Å². The van der Waals surface area contributed by atoms with Crippen molar-refractivity contribution in [3.8, 4) is 0 Å².